The van der Waals surface area contributed by atoms with Crippen LogP contribution in [0.1, 0.15) is 24.7 Å². The van der Waals surface area contributed by atoms with Crippen molar-refractivity contribution in [1.29, 1.82) is 0 Å². The van der Waals surface area contributed by atoms with Crippen LogP contribution < -0.4 is 10.4 Å². The largest absolute Gasteiger partial charge is 0.437 e. The number of aliphatic hydroxyl groups is 1. The molecule has 3 rings (SSSR count). The summed E-state index contributed by atoms with van der Waals surface area (Å²) in [6.07, 6.45) is -12.2. The summed E-state index contributed by atoms with van der Waals surface area (Å²) in [4.78, 5) is 4.79. The first-order valence-corrected chi connectivity index (χ1v) is 8.68. The van der Waals surface area contributed by atoms with E-state index in [-0.39, 0.29) is 11.3 Å². The molecule has 5 nitrogen and oxygen atoms in total. The predicted molar refractivity (Wildman–Crippen MR) is 95.4 cm³/mol. The number of hydrogen-bond donors (Lipinski definition) is 1. The number of nitrogens with zero attached hydrogens (tertiary/aromatic N) is 3. The molecule has 0 fully saturated rings. The van der Waals surface area contributed by atoms with Crippen LogP contribution in [0.25, 0.3) is 12.2 Å². The highest BCUT2D eigenvalue weighted by Gasteiger charge is 2.64. The minimum absolute atomic E-state index is 0.0462. The molecule has 1 aliphatic heterocycles. The first kappa shape index (κ1) is 21.9. The summed E-state index contributed by atoms with van der Waals surface area (Å²) in [5, 5.41) is 17.7. The third-order valence-corrected chi connectivity index (χ3v) is 4.81. The van der Waals surface area contributed by atoms with Crippen LogP contribution in [0.2, 0.25) is 0 Å². The Bertz CT molecular complexity index is 1100. The maximum Gasteiger partial charge on any atom is 0.437 e. The van der Waals surface area contributed by atoms with Gasteiger partial charge in [-0.25, -0.2) is 0 Å². The third kappa shape index (κ3) is 3.57. The monoisotopic (exact) mass is 433 g/mol. The van der Waals surface area contributed by atoms with E-state index in [1.165, 1.54) is 6.92 Å². The molecule has 1 N–H and O–H groups in total. The lowest BCUT2D eigenvalue weighted by molar-refractivity contribution is -0.278. The highest BCUT2D eigenvalue weighted by molar-refractivity contribution is 6.20. The van der Waals surface area contributed by atoms with E-state index in [9.17, 15) is 31.4 Å². The standard InChI is InChI=1S/C19H17F6N3O2/c1-10-6-4-5-7-12(10)16(11(2)29)13-9-17(30-27-13,19(23,24)25)15-8-14(18(20,21)22)26-28(15)3/h4-8,11,29H,1,9H2,2-3H3/b16-12+. The fourth-order valence-corrected chi connectivity index (χ4v) is 3.40. The van der Waals surface area contributed by atoms with E-state index in [4.69, 9.17) is 4.84 Å². The molecule has 2 atom stereocenters. The van der Waals surface area contributed by atoms with Gasteiger partial charge >= 0.3 is 12.4 Å². The van der Waals surface area contributed by atoms with Gasteiger partial charge in [-0.1, -0.05) is 36.0 Å². The predicted octanol–water partition coefficient (Wildman–Crippen LogP) is 2.61. The fourth-order valence-electron chi connectivity index (χ4n) is 3.40. The molecule has 0 saturated carbocycles. The van der Waals surface area contributed by atoms with Crippen molar-refractivity contribution in [2.45, 2.75) is 37.4 Å². The van der Waals surface area contributed by atoms with Crippen molar-refractivity contribution < 1.29 is 36.3 Å². The second kappa shape index (κ2) is 7.15. The van der Waals surface area contributed by atoms with E-state index in [2.05, 4.69) is 16.8 Å². The van der Waals surface area contributed by atoms with Crippen molar-refractivity contribution in [2.24, 2.45) is 12.2 Å². The van der Waals surface area contributed by atoms with Gasteiger partial charge in [-0.05, 0) is 23.4 Å². The van der Waals surface area contributed by atoms with Crippen LogP contribution in [0.3, 0.4) is 0 Å². The molecule has 0 radical (unpaired) electrons. The molecule has 1 aliphatic rings. The smallest absolute Gasteiger partial charge is 0.389 e. The summed E-state index contributed by atoms with van der Waals surface area (Å²) in [5.74, 6) is 0. The summed E-state index contributed by atoms with van der Waals surface area (Å²) in [6.45, 7) is 5.13. The maximum atomic E-state index is 14.1. The van der Waals surface area contributed by atoms with E-state index in [0.717, 1.165) is 7.05 Å². The van der Waals surface area contributed by atoms with E-state index in [0.29, 0.717) is 21.2 Å². The molecular weight excluding hydrogens is 416 g/mol. The number of hydrogen-bond acceptors (Lipinski definition) is 4. The van der Waals surface area contributed by atoms with Crippen molar-refractivity contribution >= 4 is 17.9 Å². The first-order valence-electron chi connectivity index (χ1n) is 8.68. The molecule has 0 bridgehead atoms. The highest BCUT2D eigenvalue weighted by atomic mass is 19.4. The zero-order chi connectivity index (χ0) is 22.5. The summed E-state index contributed by atoms with van der Waals surface area (Å²) in [7, 11) is 0.962. The van der Waals surface area contributed by atoms with Crippen LogP contribution in [0.4, 0.5) is 26.3 Å². The number of aryl methyl sites for hydroxylation is 1. The molecule has 0 saturated heterocycles. The molecule has 0 amide bonds. The van der Waals surface area contributed by atoms with E-state index < -0.39 is 41.9 Å². The van der Waals surface area contributed by atoms with Crippen LogP contribution in [-0.2, 0) is 23.7 Å². The van der Waals surface area contributed by atoms with Gasteiger partial charge in [-0.2, -0.15) is 31.4 Å². The number of rotatable bonds is 3. The average Bonchev–Trinajstić information content (AvgIpc) is 3.21. The van der Waals surface area contributed by atoms with Gasteiger partial charge in [0.05, 0.1) is 23.9 Å². The number of aromatic nitrogens is 2. The Hall–Kier alpha value is -2.82. The highest BCUT2D eigenvalue weighted by Crippen LogP contribution is 2.49. The molecule has 2 aromatic rings. The molecule has 0 aliphatic carbocycles. The van der Waals surface area contributed by atoms with Gasteiger partial charge in [0, 0.05) is 12.6 Å². The minimum atomic E-state index is -5.12. The number of alkyl halides is 6. The zero-order valence-electron chi connectivity index (χ0n) is 15.8. The van der Waals surface area contributed by atoms with Gasteiger partial charge in [0.1, 0.15) is 0 Å². The van der Waals surface area contributed by atoms with Gasteiger partial charge in [0.2, 0.25) is 0 Å². The molecule has 30 heavy (non-hydrogen) atoms. The molecule has 11 heteroatoms. The Labute approximate surface area is 166 Å². The van der Waals surface area contributed by atoms with Crippen molar-refractivity contribution in [2.75, 3.05) is 0 Å². The van der Waals surface area contributed by atoms with Crippen LogP contribution in [0.15, 0.2) is 35.5 Å². The Balaban J connectivity index is 2.17. The SMILES string of the molecule is C=c1cccc/c1=C(\C1=NOC(c2cc(C(F)(F)F)nn2C)(C(F)(F)F)C1)C(C)O. The number of oxime groups is 1. The Morgan fingerprint density at radius 2 is 1.87 bits per heavy atom. The Kier molecular flexibility index (Phi) is 5.21. The minimum Gasteiger partial charge on any atom is -0.389 e. The zero-order valence-corrected chi connectivity index (χ0v) is 15.8. The van der Waals surface area contributed by atoms with Gasteiger partial charge in [0.15, 0.2) is 5.69 Å². The average molecular weight is 433 g/mol. The van der Waals surface area contributed by atoms with Crippen molar-refractivity contribution in [3.63, 3.8) is 0 Å². The van der Waals surface area contributed by atoms with E-state index >= 15 is 0 Å². The van der Waals surface area contributed by atoms with Crippen molar-refractivity contribution in [3.8, 4) is 0 Å². The second-order valence-corrected chi connectivity index (χ2v) is 6.91. The first-order chi connectivity index (χ1) is 13.8. The lowest BCUT2D eigenvalue weighted by atomic mass is 9.87. The molecule has 162 valence electrons. The van der Waals surface area contributed by atoms with Crippen molar-refractivity contribution in [3.05, 3.63) is 52.2 Å². The fraction of sp³-hybridized carbons (Fsp3) is 0.368. The lowest BCUT2D eigenvalue weighted by Crippen LogP contribution is -2.44. The molecular formula is C19H17F6N3O2. The quantitative estimate of drug-likeness (QED) is 0.758. The summed E-state index contributed by atoms with van der Waals surface area (Å²) < 4.78 is 81.8. The van der Waals surface area contributed by atoms with Crippen LogP contribution >= 0.6 is 0 Å². The van der Waals surface area contributed by atoms with Crippen molar-refractivity contribution in [1.82, 2.24) is 9.78 Å². The van der Waals surface area contributed by atoms with Crippen LogP contribution in [-0.4, -0.2) is 32.9 Å². The van der Waals surface area contributed by atoms with Gasteiger partial charge in [-0.3, -0.25) is 4.68 Å². The van der Waals surface area contributed by atoms with Gasteiger partial charge in [-0.15, -0.1) is 0 Å². The molecule has 1 aromatic heterocycles. The van der Waals surface area contributed by atoms with E-state index in [1.54, 1.807) is 24.3 Å². The second-order valence-electron chi connectivity index (χ2n) is 6.91. The topological polar surface area (TPSA) is 59.6 Å². The summed E-state index contributed by atoms with van der Waals surface area (Å²) >= 11 is 0. The number of benzene rings is 1. The normalized spacial score (nSPS) is 21.8. The van der Waals surface area contributed by atoms with Gasteiger partial charge < -0.3 is 9.94 Å². The third-order valence-electron chi connectivity index (χ3n) is 4.81. The molecule has 0 spiro atoms. The molecule has 2 heterocycles. The molecule has 2 unspecified atom stereocenters. The lowest BCUT2D eigenvalue weighted by Gasteiger charge is -2.29. The summed E-state index contributed by atoms with van der Waals surface area (Å²) in [6, 6.07) is 6.71. The number of aliphatic hydroxyl groups excluding tert-OH is 1. The maximum absolute atomic E-state index is 14.1. The molecule has 1 aromatic carbocycles. The summed E-state index contributed by atoms with van der Waals surface area (Å²) in [5.41, 5.74) is -5.72. The van der Waals surface area contributed by atoms with Crippen LogP contribution in [0.5, 0.6) is 0 Å². The van der Waals surface area contributed by atoms with Crippen LogP contribution in [0, 0.1) is 0 Å². The number of halogens is 6. The Morgan fingerprint density at radius 3 is 2.37 bits per heavy atom. The van der Waals surface area contributed by atoms with E-state index in [1.807, 2.05) is 0 Å². The van der Waals surface area contributed by atoms with Gasteiger partial charge in [0.25, 0.3) is 5.60 Å². The Morgan fingerprint density at radius 1 is 1.23 bits per heavy atom.